The lowest BCUT2D eigenvalue weighted by Gasteiger charge is -2.06. The maximum absolute atomic E-state index is 8.97. The van der Waals surface area contributed by atoms with E-state index in [-0.39, 0.29) is 11.7 Å². The third-order valence-corrected chi connectivity index (χ3v) is 2.31. The highest BCUT2D eigenvalue weighted by Crippen LogP contribution is 2.39. The van der Waals surface area contributed by atoms with Crippen LogP contribution in [0.2, 0.25) is 0 Å². The first-order valence-electron chi connectivity index (χ1n) is 3.90. The number of epoxide rings is 1. The van der Waals surface area contributed by atoms with Crippen LogP contribution in [-0.2, 0) is 4.74 Å². The summed E-state index contributed by atoms with van der Waals surface area (Å²) in [7, 11) is 0. The molecule has 0 bridgehead atoms. The molecule has 1 rings (SSSR count). The van der Waals surface area contributed by atoms with Gasteiger partial charge in [0.15, 0.2) is 0 Å². The summed E-state index contributed by atoms with van der Waals surface area (Å²) in [6.45, 7) is 5.98. The predicted molar refractivity (Wildman–Crippen MR) is 39.9 cm³/mol. The zero-order valence-corrected chi connectivity index (χ0v) is 6.92. The molecule has 0 saturated carbocycles. The van der Waals surface area contributed by atoms with Crippen molar-refractivity contribution in [1.29, 1.82) is 0 Å². The number of aliphatic hydroxyl groups is 1. The van der Waals surface area contributed by atoms with Crippen LogP contribution >= 0.6 is 0 Å². The van der Waals surface area contributed by atoms with Crippen molar-refractivity contribution in [3.63, 3.8) is 0 Å². The highest BCUT2D eigenvalue weighted by Gasteiger charge is 2.47. The van der Waals surface area contributed by atoms with Crippen LogP contribution in [0.25, 0.3) is 0 Å². The van der Waals surface area contributed by atoms with Crippen molar-refractivity contribution in [3.8, 4) is 0 Å². The van der Waals surface area contributed by atoms with E-state index in [4.69, 9.17) is 9.84 Å². The molecule has 0 aromatic rings. The van der Waals surface area contributed by atoms with Crippen LogP contribution in [0.4, 0.5) is 0 Å². The van der Waals surface area contributed by atoms with Gasteiger partial charge in [0.2, 0.25) is 0 Å². The summed E-state index contributed by atoms with van der Waals surface area (Å²) in [5.74, 6) is 0. The van der Waals surface area contributed by atoms with Crippen LogP contribution in [0.5, 0.6) is 0 Å². The summed E-state index contributed by atoms with van der Waals surface area (Å²) in [5.41, 5.74) is 0.0803. The van der Waals surface area contributed by atoms with Crippen LogP contribution in [0, 0.1) is 0 Å². The Morgan fingerprint density at radius 3 is 2.50 bits per heavy atom. The SMILES string of the molecule is CC1O[C@]1(C)CC[C@H](C)O. The van der Waals surface area contributed by atoms with Gasteiger partial charge in [0, 0.05) is 0 Å². The van der Waals surface area contributed by atoms with Gasteiger partial charge in [0.25, 0.3) is 0 Å². The van der Waals surface area contributed by atoms with Crippen LogP contribution in [0.15, 0.2) is 0 Å². The van der Waals surface area contributed by atoms with Crippen molar-refractivity contribution < 1.29 is 9.84 Å². The molecule has 1 N–H and O–H groups in total. The molecule has 1 fully saturated rings. The second-order valence-corrected chi connectivity index (χ2v) is 3.46. The molecular weight excluding hydrogens is 128 g/mol. The van der Waals surface area contributed by atoms with Crippen molar-refractivity contribution >= 4 is 0 Å². The third-order valence-electron chi connectivity index (χ3n) is 2.31. The van der Waals surface area contributed by atoms with E-state index in [1.807, 2.05) is 6.92 Å². The molecule has 2 nitrogen and oxygen atoms in total. The van der Waals surface area contributed by atoms with E-state index < -0.39 is 0 Å². The van der Waals surface area contributed by atoms with Gasteiger partial charge >= 0.3 is 0 Å². The molecule has 1 aliphatic heterocycles. The zero-order valence-electron chi connectivity index (χ0n) is 6.92. The summed E-state index contributed by atoms with van der Waals surface area (Å²) in [6.07, 6.45) is 2.03. The molecule has 0 spiro atoms. The van der Waals surface area contributed by atoms with E-state index in [1.165, 1.54) is 0 Å². The van der Waals surface area contributed by atoms with Gasteiger partial charge in [-0.15, -0.1) is 0 Å². The maximum Gasteiger partial charge on any atom is 0.0918 e. The first-order chi connectivity index (χ1) is 4.54. The van der Waals surface area contributed by atoms with Gasteiger partial charge in [-0.2, -0.15) is 0 Å². The lowest BCUT2D eigenvalue weighted by atomic mass is 10.0. The van der Waals surface area contributed by atoms with Crippen molar-refractivity contribution in [2.45, 2.75) is 51.4 Å². The summed E-state index contributed by atoms with van der Waals surface area (Å²) >= 11 is 0. The summed E-state index contributed by atoms with van der Waals surface area (Å²) < 4.78 is 5.34. The summed E-state index contributed by atoms with van der Waals surface area (Å²) in [4.78, 5) is 0. The first kappa shape index (κ1) is 8.02. The van der Waals surface area contributed by atoms with Crippen molar-refractivity contribution in [2.24, 2.45) is 0 Å². The van der Waals surface area contributed by atoms with E-state index >= 15 is 0 Å². The molecule has 0 aromatic carbocycles. The average molecular weight is 144 g/mol. The van der Waals surface area contributed by atoms with Crippen molar-refractivity contribution in [2.75, 3.05) is 0 Å². The van der Waals surface area contributed by atoms with Crippen LogP contribution in [0.3, 0.4) is 0 Å². The number of hydrogen-bond acceptors (Lipinski definition) is 2. The van der Waals surface area contributed by atoms with Gasteiger partial charge in [-0.1, -0.05) is 0 Å². The first-order valence-corrected chi connectivity index (χ1v) is 3.90. The molecule has 0 aliphatic carbocycles. The Kier molecular flexibility index (Phi) is 2.02. The van der Waals surface area contributed by atoms with E-state index in [0.717, 1.165) is 12.8 Å². The molecule has 10 heavy (non-hydrogen) atoms. The Balaban J connectivity index is 2.15. The van der Waals surface area contributed by atoms with E-state index in [2.05, 4.69) is 13.8 Å². The van der Waals surface area contributed by atoms with Gasteiger partial charge in [0.1, 0.15) is 0 Å². The molecule has 0 aromatic heterocycles. The lowest BCUT2D eigenvalue weighted by Crippen LogP contribution is -2.11. The smallest absolute Gasteiger partial charge is 0.0918 e. The molecular formula is C8H16O2. The highest BCUT2D eigenvalue weighted by molar-refractivity contribution is 4.95. The van der Waals surface area contributed by atoms with Gasteiger partial charge in [-0.25, -0.2) is 0 Å². The van der Waals surface area contributed by atoms with Crippen molar-refractivity contribution in [3.05, 3.63) is 0 Å². The quantitative estimate of drug-likeness (QED) is 0.606. The predicted octanol–water partition coefficient (Wildman–Crippen LogP) is 1.32. The normalized spacial score (nSPS) is 41.4. The Labute approximate surface area is 62.2 Å². The molecule has 1 aliphatic rings. The molecule has 1 saturated heterocycles. The highest BCUT2D eigenvalue weighted by atomic mass is 16.6. The average Bonchev–Trinajstić information content (AvgIpc) is 2.38. The second kappa shape index (κ2) is 2.51. The number of hydrogen-bond donors (Lipinski definition) is 1. The third kappa shape index (κ3) is 1.70. The largest absolute Gasteiger partial charge is 0.393 e. The molecule has 1 unspecified atom stereocenters. The minimum absolute atomic E-state index is 0.0803. The Hall–Kier alpha value is -0.0800. The zero-order chi connectivity index (χ0) is 7.78. The fourth-order valence-electron chi connectivity index (χ4n) is 1.13. The number of rotatable bonds is 3. The number of ether oxygens (including phenoxy) is 1. The summed E-state index contributed by atoms with van der Waals surface area (Å²) in [5, 5.41) is 8.97. The molecule has 2 heteroatoms. The van der Waals surface area contributed by atoms with Crippen molar-refractivity contribution in [1.82, 2.24) is 0 Å². The lowest BCUT2D eigenvalue weighted by molar-refractivity contribution is 0.166. The fourth-order valence-corrected chi connectivity index (χ4v) is 1.13. The molecule has 3 atom stereocenters. The molecule has 60 valence electrons. The van der Waals surface area contributed by atoms with Crippen LogP contribution in [-0.4, -0.2) is 22.9 Å². The van der Waals surface area contributed by atoms with E-state index in [1.54, 1.807) is 0 Å². The standard InChI is InChI=1S/C8H16O2/c1-6(9)4-5-8(3)7(2)10-8/h6-7,9H,4-5H2,1-3H3/t6-,7?,8+/m0/s1. The maximum atomic E-state index is 8.97. The summed E-state index contributed by atoms with van der Waals surface area (Å²) in [6, 6.07) is 0. The van der Waals surface area contributed by atoms with Gasteiger partial charge in [-0.3, -0.25) is 0 Å². The number of aliphatic hydroxyl groups excluding tert-OH is 1. The second-order valence-electron chi connectivity index (χ2n) is 3.46. The molecule has 0 radical (unpaired) electrons. The van der Waals surface area contributed by atoms with Crippen LogP contribution < -0.4 is 0 Å². The minimum atomic E-state index is -0.187. The van der Waals surface area contributed by atoms with Crippen LogP contribution in [0.1, 0.15) is 33.6 Å². The Bertz CT molecular complexity index is 122. The Morgan fingerprint density at radius 1 is 1.70 bits per heavy atom. The fraction of sp³-hybridized carbons (Fsp3) is 1.00. The topological polar surface area (TPSA) is 32.8 Å². The van der Waals surface area contributed by atoms with E-state index in [9.17, 15) is 0 Å². The monoisotopic (exact) mass is 144 g/mol. The molecule has 1 heterocycles. The van der Waals surface area contributed by atoms with Gasteiger partial charge in [0.05, 0.1) is 17.8 Å². The minimum Gasteiger partial charge on any atom is -0.393 e. The molecule has 0 amide bonds. The van der Waals surface area contributed by atoms with E-state index in [0.29, 0.717) is 6.10 Å². The van der Waals surface area contributed by atoms with Gasteiger partial charge in [-0.05, 0) is 33.6 Å². The van der Waals surface area contributed by atoms with Gasteiger partial charge < -0.3 is 9.84 Å². The Morgan fingerprint density at radius 2 is 2.20 bits per heavy atom.